The second-order valence-electron chi connectivity index (χ2n) is 7.10. The van der Waals surface area contributed by atoms with Crippen LogP contribution in [-0.2, 0) is 15.8 Å². The minimum absolute atomic E-state index is 0.0455. The molecule has 7 heteroatoms. The number of alkyl halides is 3. The Hall–Kier alpha value is -2.05. The molecule has 1 N–H and O–H groups in total. The van der Waals surface area contributed by atoms with Crippen molar-refractivity contribution in [1.82, 2.24) is 4.90 Å². The third-order valence-electron chi connectivity index (χ3n) is 5.31. The summed E-state index contributed by atoms with van der Waals surface area (Å²) < 4.78 is 37.7. The monoisotopic (exact) mass is 368 g/mol. The first-order chi connectivity index (χ1) is 12.3. The van der Waals surface area contributed by atoms with Gasteiger partial charge in [0.2, 0.25) is 11.8 Å². The highest BCUT2D eigenvalue weighted by Gasteiger charge is 2.50. The van der Waals surface area contributed by atoms with Gasteiger partial charge in [0.1, 0.15) is 0 Å². The molecule has 3 atom stereocenters. The van der Waals surface area contributed by atoms with Crippen LogP contribution in [0, 0.1) is 11.8 Å². The Bertz CT molecular complexity index is 672. The molecular formula is C19H23F3N2O2. The molecule has 3 unspecified atom stereocenters. The minimum atomic E-state index is -4.40. The van der Waals surface area contributed by atoms with Gasteiger partial charge in [-0.15, -0.1) is 0 Å². The van der Waals surface area contributed by atoms with Crippen molar-refractivity contribution in [3.63, 3.8) is 0 Å². The van der Waals surface area contributed by atoms with E-state index in [9.17, 15) is 22.8 Å². The number of benzene rings is 1. The number of rotatable bonds is 4. The van der Waals surface area contributed by atoms with Gasteiger partial charge < -0.3 is 10.2 Å². The number of nitrogens with one attached hydrogen (secondary N) is 1. The third-order valence-corrected chi connectivity index (χ3v) is 5.31. The zero-order chi connectivity index (χ0) is 18.9. The Balaban J connectivity index is 1.56. The molecule has 3 rings (SSSR count). The predicted octanol–water partition coefficient (Wildman–Crippen LogP) is 4.07. The lowest BCUT2D eigenvalue weighted by Gasteiger charge is -2.35. The zero-order valence-corrected chi connectivity index (χ0v) is 14.7. The van der Waals surface area contributed by atoms with Gasteiger partial charge in [0, 0.05) is 18.3 Å². The van der Waals surface area contributed by atoms with E-state index < -0.39 is 11.7 Å². The molecule has 0 radical (unpaired) electrons. The minimum Gasteiger partial charge on any atom is -0.339 e. The molecule has 0 aromatic heterocycles. The normalized spacial score (nSPS) is 25.7. The predicted molar refractivity (Wildman–Crippen MR) is 91.3 cm³/mol. The summed E-state index contributed by atoms with van der Waals surface area (Å²) in [5.74, 6) is -0.932. The molecule has 1 saturated heterocycles. The molecule has 142 valence electrons. The van der Waals surface area contributed by atoms with Gasteiger partial charge >= 0.3 is 6.18 Å². The maximum Gasteiger partial charge on any atom is 0.416 e. The Morgan fingerprint density at radius 3 is 2.46 bits per heavy atom. The molecule has 1 heterocycles. The molecule has 0 bridgehead atoms. The molecule has 2 aliphatic rings. The molecule has 26 heavy (non-hydrogen) atoms. The van der Waals surface area contributed by atoms with E-state index in [2.05, 4.69) is 12.2 Å². The van der Waals surface area contributed by atoms with Gasteiger partial charge in [-0.3, -0.25) is 9.59 Å². The van der Waals surface area contributed by atoms with Crippen molar-refractivity contribution < 1.29 is 22.8 Å². The average molecular weight is 368 g/mol. The SMILES string of the molecule is CCC1CCCCN1C(=O)C1CC1C(=O)Nc1ccc(C(F)(F)F)cc1. The van der Waals surface area contributed by atoms with Gasteiger partial charge in [-0.25, -0.2) is 0 Å². The summed E-state index contributed by atoms with van der Waals surface area (Å²) in [6.45, 7) is 2.82. The maximum atomic E-state index is 12.7. The van der Waals surface area contributed by atoms with Crippen LogP contribution in [0.3, 0.4) is 0 Å². The van der Waals surface area contributed by atoms with Crippen molar-refractivity contribution in [1.29, 1.82) is 0 Å². The van der Waals surface area contributed by atoms with Crippen LogP contribution in [0.25, 0.3) is 0 Å². The van der Waals surface area contributed by atoms with E-state index in [-0.39, 0.29) is 29.7 Å². The van der Waals surface area contributed by atoms with Gasteiger partial charge in [0.05, 0.1) is 17.4 Å². The number of hydrogen-bond donors (Lipinski definition) is 1. The first-order valence-electron chi connectivity index (χ1n) is 9.10. The Kier molecular flexibility index (Phi) is 5.25. The largest absolute Gasteiger partial charge is 0.416 e. The van der Waals surface area contributed by atoms with E-state index in [1.54, 1.807) is 0 Å². The van der Waals surface area contributed by atoms with E-state index in [0.717, 1.165) is 44.4 Å². The number of nitrogens with zero attached hydrogens (tertiary/aromatic N) is 1. The topological polar surface area (TPSA) is 49.4 Å². The number of piperidine rings is 1. The lowest BCUT2D eigenvalue weighted by molar-refractivity contribution is -0.138. The van der Waals surface area contributed by atoms with Gasteiger partial charge in [-0.1, -0.05) is 6.92 Å². The molecule has 1 aliphatic carbocycles. The van der Waals surface area contributed by atoms with Crippen LogP contribution >= 0.6 is 0 Å². The zero-order valence-electron chi connectivity index (χ0n) is 14.7. The van der Waals surface area contributed by atoms with Crippen molar-refractivity contribution in [2.45, 2.75) is 51.2 Å². The molecular weight excluding hydrogens is 345 g/mol. The first-order valence-corrected chi connectivity index (χ1v) is 9.10. The Morgan fingerprint density at radius 2 is 1.85 bits per heavy atom. The molecule has 1 aliphatic heterocycles. The maximum absolute atomic E-state index is 12.7. The number of hydrogen-bond acceptors (Lipinski definition) is 2. The lowest BCUT2D eigenvalue weighted by atomic mass is 9.99. The second kappa shape index (κ2) is 7.29. The second-order valence-corrected chi connectivity index (χ2v) is 7.10. The van der Waals surface area contributed by atoms with Crippen molar-refractivity contribution >= 4 is 17.5 Å². The number of carbonyl (C=O) groups excluding carboxylic acids is 2. The van der Waals surface area contributed by atoms with E-state index in [0.29, 0.717) is 12.1 Å². The first kappa shape index (κ1) is 18.7. The summed E-state index contributed by atoms with van der Waals surface area (Å²) >= 11 is 0. The highest BCUT2D eigenvalue weighted by atomic mass is 19.4. The molecule has 1 saturated carbocycles. The quantitative estimate of drug-likeness (QED) is 0.871. The van der Waals surface area contributed by atoms with Gasteiger partial charge in [0.15, 0.2) is 0 Å². The van der Waals surface area contributed by atoms with Crippen LogP contribution < -0.4 is 5.32 Å². The fourth-order valence-electron chi connectivity index (χ4n) is 3.66. The molecule has 4 nitrogen and oxygen atoms in total. The van der Waals surface area contributed by atoms with E-state index in [1.807, 2.05) is 4.90 Å². The number of anilines is 1. The van der Waals surface area contributed by atoms with E-state index in [4.69, 9.17) is 0 Å². The van der Waals surface area contributed by atoms with Crippen LogP contribution in [0.5, 0.6) is 0 Å². The molecule has 0 spiro atoms. The van der Waals surface area contributed by atoms with E-state index >= 15 is 0 Å². The van der Waals surface area contributed by atoms with Crippen molar-refractivity contribution in [2.24, 2.45) is 11.8 Å². The molecule has 1 aromatic carbocycles. The van der Waals surface area contributed by atoms with Gasteiger partial charge in [0.25, 0.3) is 0 Å². The van der Waals surface area contributed by atoms with Crippen molar-refractivity contribution in [3.8, 4) is 0 Å². The summed E-state index contributed by atoms with van der Waals surface area (Å²) in [4.78, 5) is 26.9. The van der Waals surface area contributed by atoms with Gasteiger partial charge in [-0.05, 0) is 56.4 Å². The Labute approximate surface area is 150 Å². The van der Waals surface area contributed by atoms with Crippen molar-refractivity contribution in [3.05, 3.63) is 29.8 Å². The molecule has 2 amide bonds. The third kappa shape index (κ3) is 4.02. The highest BCUT2D eigenvalue weighted by Crippen LogP contribution is 2.42. The highest BCUT2D eigenvalue weighted by molar-refractivity contribution is 5.99. The number of carbonyl (C=O) groups is 2. The van der Waals surface area contributed by atoms with Crippen LogP contribution in [0.15, 0.2) is 24.3 Å². The standard InChI is InChI=1S/C19H23F3N2O2/c1-2-14-5-3-4-10-24(14)18(26)16-11-15(16)17(25)23-13-8-6-12(7-9-13)19(20,21)22/h6-9,14-16H,2-5,10-11H2,1H3,(H,23,25). The summed E-state index contributed by atoms with van der Waals surface area (Å²) in [5, 5.41) is 2.62. The average Bonchev–Trinajstić information content (AvgIpc) is 3.41. The van der Waals surface area contributed by atoms with Crippen molar-refractivity contribution in [2.75, 3.05) is 11.9 Å². The van der Waals surface area contributed by atoms with E-state index in [1.165, 1.54) is 12.1 Å². The Morgan fingerprint density at radius 1 is 1.15 bits per heavy atom. The number of halogens is 3. The van der Waals surface area contributed by atoms with Crippen LogP contribution in [-0.4, -0.2) is 29.3 Å². The van der Waals surface area contributed by atoms with Crippen LogP contribution in [0.4, 0.5) is 18.9 Å². The summed E-state index contributed by atoms with van der Waals surface area (Å²) in [5.41, 5.74) is -0.448. The number of likely N-dealkylation sites (tertiary alicyclic amines) is 1. The molecule has 2 fully saturated rings. The fraction of sp³-hybridized carbons (Fsp3) is 0.579. The summed E-state index contributed by atoms with van der Waals surface area (Å²) in [6.07, 6.45) is 0.166. The smallest absolute Gasteiger partial charge is 0.339 e. The van der Waals surface area contributed by atoms with Crippen LogP contribution in [0.2, 0.25) is 0 Å². The summed E-state index contributed by atoms with van der Waals surface area (Å²) in [6, 6.07) is 4.60. The fourth-order valence-corrected chi connectivity index (χ4v) is 3.66. The molecule has 1 aromatic rings. The number of amides is 2. The summed E-state index contributed by atoms with van der Waals surface area (Å²) in [7, 11) is 0. The van der Waals surface area contributed by atoms with Crippen LogP contribution in [0.1, 0.15) is 44.6 Å². The lowest BCUT2D eigenvalue weighted by Crippen LogP contribution is -2.44. The van der Waals surface area contributed by atoms with Gasteiger partial charge in [-0.2, -0.15) is 13.2 Å².